The van der Waals surface area contributed by atoms with Gasteiger partial charge in [-0.15, -0.1) is 24.0 Å². The Morgan fingerprint density at radius 2 is 2.33 bits per heavy atom. The van der Waals surface area contributed by atoms with Crippen LogP contribution in [0.25, 0.3) is 0 Å². The second kappa shape index (κ2) is 8.71. The van der Waals surface area contributed by atoms with Crippen molar-refractivity contribution in [1.29, 1.82) is 0 Å². The highest BCUT2D eigenvalue weighted by Gasteiger charge is 2.07. The van der Waals surface area contributed by atoms with Crippen molar-refractivity contribution in [2.75, 3.05) is 20.6 Å². The van der Waals surface area contributed by atoms with Crippen LogP contribution in [0.5, 0.6) is 0 Å². The SMILES string of the molecule is CN=C(NCCc1ccco1)N(C)Cc1cnn(C)c1.I. The molecule has 0 saturated carbocycles. The first-order chi connectivity index (χ1) is 9.69. The summed E-state index contributed by atoms with van der Waals surface area (Å²) in [5, 5.41) is 7.49. The van der Waals surface area contributed by atoms with E-state index in [1.54, 1.807) is 18.0 Å². The Morgan fingerprint density at radius 3 is 2.90 bits per heavy atom. The molecule has 0 aliphatic heterocycles. The predicted octanol–water partition coefficient (Wildman–Crippen LogP) is 1.88. The van der Waals surface area contributed by atoms with E-state index in [4.69, 9.17) is 4.42 Å². The summed E-state index contributed by atoms with van der Waals surface area (Å²) in [7, 11) is 5.71. The van der Waals surface area contributed by atoms with Crippen molar-refractivity contribution in [2.45, 2.75) is 13.0 Å². The summed E-state index contributed by atoms with van der Waals surface area (Å²) in [5.41, 5.74) is 1.16. The van der Waals surface area contributed by atoms with E-state index < -0.39 is 0 Å². The standard InChI is InChI=1S/C14H21N5O.HI/c1-15-14(16-7-6-13-5-4-8-20-13)18(2)10-12-9-17-19(3)11-12;/h4-5,8-9,11H,6-7,10H2,1-3H3,(H,15,16);1H. The zero-order valence-corrected chi connectivity index (χ0v) is 14.9. The number of furan rings is 1. The highest BCUT2D eigenvalue weighted by molar-refractivity contribution is 14.0. The Kier molecular flexibility index (Phi) is 7.27. The molecule has 0 aliphatic carbocycles. The molecular formula is C14H22IN5O. The maximum absolute atomic E-state index is 5.30. The van der Waals surface area contributed by atoms with Gasteiger partial charge in [-0.05, 0) is 12.1 Å². The lowest BCUT2D eigenvalue weighted by atomic mass is 10.3. The van der Waals surface area contributed by atoms with Gasteiger partial charge in [0.25, 0.3) is 0 Å². The lowest BCUT2D eigenvalue weighted by molar-refractivity contribution is 0.469. The van der Waals surface area contributed by atoms with E-state index in [0.29, 0.717) is 0 Å². The van der Waals surface area contributed by atoms with Gasteiger partial charge >= 0.3 is 0 Å². The number of guanidine groups is 1. The quantitative estimate of drug-likeness (QED) is 0.471. The molecule has 0 amide bonds. The molecule has 0 spiro atoms. The van der Waals surface area contributed by atoms with Crippen LogP contribution in [-0.2, 0) is 20.0 Å². The van der Waals surface area contributed by atoms with E-state index in [0.717, 1.165) is 36.8 Å². The first-order valence-electron chi connectivity index (χ1n) is 6.60. The van der Waals surface area contributed by atoms with E-state index >= 15 is 0 Å². The molecule has 0 saturated heterocycles. The number of rotatable bonds is 5. The molecule has 2 rings (SSSR count). The molecule has 0 unspecified atom stereocenters. The van der Waals surface area contributed by atoms with Crippen molar-refractivity contribution in [3.05, 3.63) is 42.1 Å². The number of hydrogen-bond acceptors (Lipinski definition) is 3. The van der Waals surface area contributed by atoms with Gasteiger partial charge in [-0.1, -0.05) is 0 Å². The van der Waals surface area contributed by atoms with Crippen LogP contribution >= 0.6 is 24.0 Å². The summed E-state index contributed by atoms with van der Waals surface area (Å²) in [4.78, 5) is 6.35. The lowest BCUT2D eigenvalue weighted by Gasteiger charge is -2.21. The second-order valence-corrected chi connectivity index (χ2v) is 4.68. The monoisotopic (exact) mass is 403 g/mol. The maximum atomic E-state index is 5.30. The molecule has 0 bridgehead atoms. The number of aromatic nitrogens is 2. The third-order valence-electron chi connectivity index (χ3n) is 2.99. The highest BCUT2D eigenvalue weighted by Crippen LogP contribution is 2.02. The average molecular weight is 403 g/mol. The molecule has 0 fully saturated rings. The average Bonchev–Trinajstić information content (AvgIpc) is 3.06. The molecule has 6 nitrogen and oxygen atoms in total. The van der Waals surface area contributed by atoms with Crippen LogP contribution in [0, 0.1) is 0 Å². The van der Waals surface area contributed by atoms with E-state index in [1.807, 2.05) is 38.6 Å². The molecule has 0 radical (unpaired) electrons. The molecule has 2 aromatic rings. The van der Waals surface area contributed by atoms with Crippen molar-refractivity contribution < 1.29 is 4.42 Å². The number of aliphatic imine (C=N–C) groups is 1. The van der Waals surface area contributed by atoms with Gasteiger partial charge in [0, 0.05) is 52.4 Å². The van der Waals surface area contributed by atoms with E-state index in [2.05, 4.69) is 20.3 Å². The van der Waals surface area contributed by atoms with Crippen LogP contribution < -0.4 is 5.32 Å². The summed E-state index contributed by atoms with van der Waals surface area (Å²) in [6, 6.07) is 3.88. The van der Waals surface area contributed by atoms with Gasteiger partial charge in [0.2, 0.25) is 0 Å². The molecule has 0 aromatic carbocycles. The zero-order chi connectivity index (χ0) is 14.4. The smallest absolute Gasteiger partial charge is 0.193 e. The summed E-state index contributed by atoms with van der Waals surface area (Å²) in [5.74, 6) is 1.84. The largest absolute Gasteiger partial charge is 0.469 e. The summed E-state index contributed by atoms with van der Waals surface area (Å²) in [6.07, 6.45) is 6.41. The first-order valence-corrected chi connectivity index (χ1v) is 6.60. The molecular weight excluding hydrogens is 381 g/mol. The van der Waals surface area contributed by atoms with Crippen LogP contribution in [0.4, 0.5) is 0 Å². The summed E-state index contributed by atoms with van der Waals surface area (Å²) >= 11 is 0. The number of aryl methyl sites for hydroxylation is 1. The molecule has 116 valence electrons. The molecule has 2 heterocycles. The Morgan fingerprint density at radius 1 is 1.52 bits per heavy atom. The fraction of sp³-hybridized carbons (Fsp3) is 0.429. The van der Waals surface area contributed by atoms with Gasteiger partial charge in [0.1, 0.15) is 5.76 Å². The minimum atomic E-state index is 0. The number of nitrogens with one attached hydrogen (secondary N) is 1. The first kappa shape index (κ1) is 17.5. The normalized spacial score (nSPS) is 11.1. The van der Waals surface area contributed by atoms with Crippen molar-refractivity contribution in [3.63, 3.8) is 0 Å². The summed E-state index contributed by atoms with van der Waals surface area (Å²) in [6.45, 7) is 1.56. The second-order valence-electron chi connectivity index (χ2n) is 4.68. The van der Waals surface area contributed by atoms with Crippen molar-refractivity contribution in [2.24, 2.45) is 12.0 Å². The minimum absolute atomic E-state index is 0. The fourth-order valence-corrected chi connectivity index (χ4v) is 2.04. The zero-order valence-electron chi connectivity index (χ0n) is 12.6. The van der Waals surface area contributed by atoms with Gasteiger partial charge in [-0.25, -0.2) is 0 Å². The highest BCUT2D eigenvalue weighted by atomic mass is 127. The minimum Gasteiger partial charge on any atom is -0.469 e. The Bertz CT molecular complexity index is 549. The van der Waals surface area contributed by atoms with Crippen LogP contribution in [0.1, 0.15) is 11.3 Å². The number of nitrogens with zero attached hydrogens (tertiary/aromatic N) is 4. The Balaban J connectivity index is 0.00000220. The van der Waals surface area contributed by atoms with Gasteiger partial charge in [-0.3, -0.25) is 9.67 Å². The third kappa shape index (κ3) is 5.41. The summed E-state index contributed by atoms with van der Waals surface area (Å²) < 4.78 is 7.11. The van der Waals surface area contributed by atoms with Crippen LogP contribution in [0.3, 0.4) is 0 Å². The maximum Gasteiger partial charge on any atom is 0.193 e. The Hall–Kier alpha value is -1.51. The van der Waals surface area contributed by atoms with Crippen molar-refractivity contribution in [1.82, 2.24) is 20.0 Å². The third-order valence-corrected chi connectivity index (χ3v) is 2.99. The molecule has 1 N–H and O–H groups in total. The van der Waals surface area contributed by atoms with Crippen LogP contribution in [0.2, 0.25) is 0 Å². The van der Waals surface area contributed by atoms with Crippen LogP contribution in [-0.4, -0.2) is 41.3 Å². The number of halogens is 1. The topological polar surface area (TPSA) is 58.6 Å². The van der Waals surface area contributed by atoms with Gasteiger partial charge in [0.05, 0.1) is 12.5 Å². The van der Waals surface area contributed by atoms with Crippen LogP contribution in [0.15, 0.2) is 40.2 Å². The van der Waals surface area contributed by atoms with Crippen molar-refractivity contribution >= 4 is 29.9 Å². The van der Waals surface area contributed by atoms with E-state index in [9.17, 15) is 0 Å². The van der Waals surface area contributed by atoms with Gasteiger partial charge in [-0.2, -0.15) is 5.10 Å². The van der Waals surface area contributed by atoms with Crippen molar-refractivity contribution in [3.8, 4) is 0 Å². The molecule has 7 heteroatoms. The predicted molar refractivity (Wildman–Crippen MR) is 93.9 cm³/mol. The van der Waals surface area contributed by atoms with Gasteiger partial charge < -0.3 is 14.6 Å². The van der Waals surface area contributed by atoms with Gasteiger partial charge in [0.15, 0.2) is 5.96 Å². The number of hydrogen-bond donors (Lipinski definition) is 1. The van der Waals surface area contributed by atoms with E-state index in [1.165, 1.54) is 0 Å². The lowest BCUT2D eigenvalue weighted by Crippen LogP contribution is -2.39. The van der Waals surface area contributed by atoms with E-state index in [-0.39, 0.29) is 24.0 Å². The molecule has 0 atom stereocenters. The fourth-order valence-electron chi connectivity index (χ4n) is 2.04. The molecule has 21 heavy (non-hydrogen) atoms. The molecule has 0 aliphatic rings. The Labute approximate surface area is 142 Å². The molecule has 2 aromatic heterocycles.